The SMILES string of the molecule is CCC(C=O)CCCCCCCCCCCCOC1CCCCC1. The highest BCUT2D eigenvalue weighted by Gasteiger charge is 2.12. The molecule has 1 aliphatic rings. The summed E-state index contributed by atoms with van der Waals surface area (Å²) in [5.41, 5.74) is 0. The maximum atomic E-state index is 10.7. The Bertz CT molecular complexity index is 271. The maximum Gasteiger partial charge on any atom is 0.123 e. The van der Waals surface area contributed by atoms with Gasteiger partial charge in [0.15, 0.2) is 0 Å². The first kappa shape index (κ1) is 21.7. The van der Waals surface area contributed by atoms with Crippen molar-refractivity contribution in [2.75, 3.05) is 6.61 Å². The van der Waals surface area contributed by atoms with Gasteiger partial charge in [-0.2, -0.15) is 0 Å². The first-order valence-electron chi connectivity index (χ1n) is 10.9. The predicted octanol–water partition coefficient (Wildman–Crippen LogP) is 6.85. The molecule has 1 saturated carbocycles. The van der Waals surface area contributed by atoms with Gasteiger partial charge in [-0.3, -0.25) is 0 Å². The molecule has 0 aromatic rings. The third-order valence-corrected chi connectivity index (χ3v) is 5.59. The summed E-state index contributed by atoms with van der Waals surface area (Å²) in [6.07, 6.45) is 24.0. The summed E-state index contributed by atoms with van der Waals surface area (Å²) in [7, 11) is 0. The number of hydrogen-bond donors (Lipinski definition) is 0. The third kappa shape index (κ3) is 12.1. The van der Waals surface area contributed by atoms with E-state index in [4.69, 9.17) is 4.74 Å². The van der Waals surface area contributed by atoms with Crippen molar-refractivity contribution in [3.05, 3.63) is 0 Å². The van der Waals surface area contributed by atoms with E-state index in [1.54, 1.807) is 0 Å². The number of carbonyl (C=O) groups excluding carboxylic acids is 1. The molecule has 0 saturated heterocycles. The molecule has 0 aliphatic heterocycles. The molecular weight excluding hydrogens is 296 g/mol. The summed E-state index contributed by atoms with van der Waals surface area (Å²) in [6, 6.07) is 0. The topological polar surface area (TPSA) is 26.3 Å². The van der Waals surface area contributed by atoms with Crippen LogP contribution in [0.15, 0.2) is 0 Å². The van der Waals surface area contributed by atoms with Gasteiger partial charge in [-0.1, -0.05) is 84.0 Å². The molecule has 2 nitrogen and oxygen atoms in total. The average Bonchev–Trinajstić information content (AvgIpc) is 2.63. The molecule has 1 atom stereocenters. The molecule has 1 unspecified atom stereocenters. The molecule has 24 heavy (non-hydrogen) atoms. The van der Waals surface area contributed by atoms with Crippen LogP contribution in [0.5, 0.6) is 0 Å². The lowest BCUT2D eigenvalue weighted by molar-refractivity contribution is -0.111. The molecule has 1 rings (SSSR count). The number of unbranched alkanes of at least 4 members (excludes halogenated alkanes) is 9. The van der Waals surface area contributed by atoms with Crippen LogP contribution in [0.2, 0.25) is 0 Å². The number of aldehydes is 1. The fourth-order valence-corrected chi connectivity index (χ4v) is 3.77. The first-order chi connectivity index (χ1) is 11.9. The molecule has 142 valence electrons. The number of rotatable bonds is 16. The molecule has 1 aliphatic carbocycles. The summed E-state index contributed by atoms with van der Waals surface area (Å²) < 4.78 is 5.98. The van der Waals surface area contributed by atoms with Gasteiger partial charge in [-0.05, 0) is 32.1 Å². The molecule has 0 spiro atoms. The summed E-state index contributed by atoms with van der Waals surface area (Å²) in [5, 5.41) is 0. The Balaban J connectivity index is 1.72. The van der Waals surface area contributed by atoms with Gasteiger partial charge in [0.05, 0.1) is 6.10 Å². The molecule has 0 amide bonds. The van der Waals surface area contributed by atoms with Crippen molar-refractivity contribution in [2.45, 2.75) is 122 Å². The smallest absolute Gasteiger partial charge is 0.123 e. The first-order valence-corrected chi connectivity index (χ1v) is 10.9. The molecule has 0 heterocycles. The number of hydrogen-bond acceptors (Lipinski definition) is 2. The van der Waals surface area contributed by atoms with Crippen molar-refractivity contribution in [3.63, 3.8) is 0 Å². The van der Waals surface area contributed by atoms with Crippen LogP contribution >= 0.6 is 0 Å². The fourth-order valence-electron chi connectivity index (χ4n) is 3.77. The van der Waals surface area contributed by atoms with E-state index < -0.39 is 0 Å². The summed E-state index contributed by atoms with van der Waals surface area (Å²) >= 11 is 0. The Morgan fingerprint density at radius 2 is 1.38 bits per heavy atom. The van der Waals surface area contributed by atoms with E-state index in [-0.39, 0.29) is 0 Å². The van der Waals surface area contributed by atoms with Gasteiger partial charge in [0.2, 0.25) is 0 Å². The lowest BCUT2D eigenvalue weighted by atomic mass is 9.98. The van der Waals surface area contributed by atoms with E-state index >= 15 is 0 Å². The van der Waals surface area contributed by atoms with Gasteiger partial charge in [0.25, 0.3) is 0 Å². The molecule has 0 radical (unpaired) electrons. The standard InChI is InChI=1S/C22H42O2/c1-2-21(20-23)16-12-9-7-5-3-4-6-8-10-15-19-24-22-17-13-11-14-18-22/h20-22H,2-19H2,1H3. The molecule has 0 aromatic carbocycles. The summed E-state index contributed by atoms with van der Waals surface area (Å²) in [5.74, 6) is 0.312. The van der Waals surface area contributed by atoms with E-state index in [9.17, 15) is 4.79 Å². The van der Waals surface area contributed by atoms with Crippen LogP contribution in [0.3, 0.4) is 0 Å². The van der Waals surface area contributed by atoms with Crippen LogP contribution in [0.25, 0.3) is 0 Å². The van der Waals surface area contributed by atoms with E-state index in [1.165, 1.54) is 96.3 Å². The van der Waals surface area contributed by atoms with Gasteiger partial charge in [-0.25, -0.2) is 0 Å². The minimum Gasteiger partial charge on any atom is -0.378 e. The quantitative estimate of drug-likeness (QED) is 0.227. The van der Waals surface area contributed by atoms with Crippen LogP contribution in [-0.4, -0.2) is 19.0 Å². The highest BCUT2D eigenvalue weighted by atomic mass is 16.5. The van der Waals surface area contributed by atoms with E-state index in [1.807, 2.05) is 0 Å². The minimum atomic E-state index is 0.312. The second kappa shape index (κ2) is 16.1. The van der Waals surface area contributed by atoms with Crippen LogP contribution in [-0.2, 0) is 9.53 Å². The second-order valence-electron chi connectivity index (χ2n) is 7.76. The van der Waals surface area contributed by atoms with Crippen molar-refractivity contribution >= 4 is 6.29 Å². The van der Waals surface area contributed by atoms with Crippen LogP contribution in [0.4, 0.5) is 0 Å². The van der Waals surface area contributed by atoms with E-state index in [0.29, 0.717) is 12.0 Å². The normalized spacial score (nSPS) is 17.0. The monoisotopic (exact) mass is 338 g/mol. The molecule has 0 aromatic heterocycles. The van der Waals surface area contributed by atoms with Gasteiger partial charge >= 0.3 is 0 Å². The lowest BCUT2D eigenvalue weighted by Crippen LogP contribution is -2.17. The van der Waals surface area contributed by atoms with Crippen LogP contribution in [0, 0.1) is 5.92 Å². The number of carbonyl (C=O) groups is 1. The Kier molecular flexibility index (Phi) is 14.6. The fraction of sp³-hybridized carbons (Fsp3) is 0.955. The van der Waals surface area contributed by atoms with Gasteiger partial charge < -0.3 is 9.53 Å². The number of ether oxygens (including phenoxy) is 1. The minimum absolute atomic E-state index is 0.312. The largest absolute Gasteiger partial charge is 0.378 e. The summed E-state index contributed by atoms with van der Waals surface area (Å²) in [4.78, 5) is 10.7. The van der Waals surface area contributed by atoms with Crippen LogP contribution in [0.1, 0.15) is 116 Å². The zero-order valence-electron chi connectivity index (χ0n) is 16.3. The zero-order valence-corrected chi connectivity index (χ0v) is 16.3. The summed E-state index contributed by atoms with van der Waals surface area (Å²) in [6.45, 7) is 3.10. The van der Waals surface area contributed by atoms with Crippen molar-refractivity contribution in [3.8, 4) is 0 Å². The van der Waals surface area contributed by atoms with Crippen molar-refractivity contribution in [1.82, 2.24) is 0 Å². The molecule has 2 heteroatoms. The Morgan fingerprint density at radius 3 is 1.92 bits per heavy atom. The lowest BCUT2D eigenvalue weighted by Gasteiger charge is -2.21. The Labute approximate surface area is 151 Å². The van der Waals surface area contributed by atoms with E-state index in [2.05, 4.69) is 6.92 Å². The second-order valence-corrected chi connectivity index (χ2v) is 7.76. The zero-order chi connectivity index (χ0) is 17.3. The Morgan fingerprint density at radius 1 is 0.833 bits per heavy atom. The van der Waals surface area contributed by atoms with Gasteiger partial charge in [0, 0.05) is 12.5 Å². The van der Waals surface area contributed by atoms with Crippen LogP contribution < -0.4 is 0 Å². The molecule has 0 bridgehead atoms. The molecule has 0 N–H and O–H groups in total. The van der Waals surface area contributed by atoms with Crippen molar-refractivity contribution in [2.24, 2.45) is 5.92 Å². The predicted molar refractivity (Wildman–Crippen MR) is 103 cm³/mol. The Hall–Kier alpha value is -0.370. The average molecular weight is 339 g/mol. The third-order valence-electron chi connectivity index (χ3n) is 5.59. The van der Waals surface area contributed by atoms with Gasteiger partial charge in [0.1, 0.15) is 6.29 Å². The van der Waals surface area contributed by atoms with Crippen molar-refractivity contribution in [1.29, 1.82) is 0 Å². The molecule has 1 fully saturated rings. The highest BCUT2D eigenvalue weighted by molar-refractivity contribution is 5.53. The van der Waals surface area contributed by atoms with E-state index in [0.717, 1.165) is 25.7 Å². The van der Waals surface area contributed by atoms with Crippen molar-refractivity contribution < 1.29 is 9.53 Å². The maximum absolute atomic E-state index is 10.7. The molecular formula is C22H42O2. The highest BCUT2D eigenvalue weighted by Crippen LogP contribution is 2.20. The van der Waals surface area contributed by atoms with Gasteiger partial charge in [-0.15, -0.1) is 0 Å².